The van der Waals surface area contributed by atoms with Crippen molar-refractivity contribution in [3.63, 3.8) is 0 Å². The molecule has 0 heterocycles. The van der Waals surface area contributed by atoms with Crippen LogP contribution in [-0.4, -0.2) is 7.11 Å². The molecular formula is C16H18ClNO. The van der Waals surface area contributed by atoms with Gasteiger partial charge in [-0.25, -0.2) is 0 Å². The first-order chi connectivity index (χ1) is 9.20. The third-order valence-corrected chi connectivity index (χ3v) is 3.54. The highest BCUT2D eigenvalue weighted by Gasteiger charge is 2.06. The van der Waals surface area contributed by atoms with Gasteiger partial charge >= 0.3 is 0 Å². The molecule has 0 spiro atoms. The van der Waals surface area contributed by atoms with Gasteiger partial charge in [0.2, 0.25) is 0 Å². The van der Waals surface area contributed by atoms with Crippen molar-refractivity contribution in [1.82, 2.24) is 5.32 Å². The lowest BCUT2D eigenvalue weighted by atomic mass is 10.1. The number of nitrogens with one attached hydrogen (secondary N) is 1. The van der Waals surface area contributed by atoms with E-state index in [4.69, 9.17) is 16.3 Å². The van der Waals surface area contributed by atoms with Crippen LogP contribution in [0.25, 0.3) is 0 Å². The second-order valence-electron chi connectivity index (χ2n) is 4.47. The number of rotatable bonds is 5. The molecule has 0 saturated heterocycles. The van der Waals surface area contributed by atoms with Crippen LogP contribution >= 0.6 is 11.6 Å². The maximum Gasteiger partial charge on any atom is 0.118 e. The molecule has 0 aliphatic rings. The predicted molar refractivity (Wildman–Crippen MR) is 79.7 cm³/mol. The van der Waals surface area contributed by atoms with Crippen molar-refractivity contribution < 1.29 is 4.74 Å². The summed E-state index contributed by atoms with van der Waals surface area (Å²) in [6, 6.07) is 16.3. The van der Waals surface area contributed by atoms with Crippen LogP contribution in [0.15, 0.2) is 48.5 Å². The molecule has 0 amide bonds. The van der Waals surface area contributed by atoms with E-state index in [-0.39, 0.29) is 6.04 Å². The summed E-state index contributed by atoms with van der Waals surface area (Å²) in [6.45, 7) is 2.89. The molecule has 1 unspecified atom stereocenters. The Morgan fingerprint density at radius 1 is 1.11 bits per heavy atom. The first-order valence-electron chi connectivity index (χ1n) is 6.31. The molecule has 0 bridgehead atoms. The molecule has 0 radical (unpaired) electrons. The molecule has 19 heavy (non-hydrogen) atoms. The predicted octanol–water partition coefficient (Wildman–Crippen LogP) is 4.20. The maximum absolute atomic E-state index is 6.14. The second kappa shape index (κ2) is 6.60. The molecule has 0 fully saturated rings. The minimum Gasteiger partial charge on any atom is -0.497 e. The zero-order chi connectivity index (χ0) is 13.7. The van der Waals surface area contributed by atoms with Gasteiger partial charge in [0, 0.05) is 17.6 Å². The third kappa shape index (κ3) is 3.72. The molecule has 2 nitrogen and oxygen atoms in total. The summed E-state index contributed by atoms with van der Waals surface area (Å²) in [7, 11) is 1.67. The Morgan fingerprint density at radius 2 is 1.79 bits per heavy atom. The van der Waals surface area contributed by atoms with E-state index >= 15 is 0 Å². The highest BCUT2D eigenvalue weighted by atomic mass is 35.5. The molecule has 3 heteroatoms. The van der Waals surface area contributed by atoms with Crippen LogP contribution in [0.3, 0.4) is 0 Å². The van der Waals surface area contributed by atoms with E-state index in [0.717, 1.165) is 22.9 Å². The van der Waals surface area contributed by atoms with Crippen LogP contribution in [0.2, 0.25) is 5.02 Å². The zero-order valence-corrected chi connectivity index (χ0v) is 11.9. The molecular weight excluding hydrogens is 258 g/mol. The van der Waals surface area contributed by atoms with Crippen molar-refractivity contribution in [3.8, 4) is 5.75 Å². The van der Waals surface area contributed by atoms with Crippen molar-refractivity contribution >= 4 is 11.6 Å². The maximum atomic E-state index is 6.14. The van der Waals surface area contributed by atoms with E-state index in [1.807, 2.05) is 36.4 Å². The van der Waals surface area contributed by atoms with Crippen LogP contribution in [0.5, 0.6) is 5.75 Å². The topological polar surface area (TPSA) is 21.3 Å². The van der Waals surface area contributed by atoms with Gasteiger partial charge in [-0.1, -0.05) is 41.9 Å². The van der Waals surface area contributed by atoms with Crippen LogP contribution in [0, 0.1) is 0 Å². The highest BCUT2D eigenvalue weighted by Crippen LogP contribution is 2.19. The lowest BCUT2D eigenvalue weighted by Gasteiger charge is -2.15. The standard InChI is InChI=1S/C16H18ClNO/c1-12(13-7-9-15(19-2)10-8-13)18-11-14-5-3-4-6-16(14)17/h3-10,12,18H,11H2,1-2H3. The third-order valence-electron chi connectivity index (χ3n) is 3.17. The molecule has 0 saturated carbocycles. The van der Waals surface area contributed by atoms with E-state index in [1.165, 1.54) is 5.56 Å². The van der Waals surface area contributed by atoms with Crippen molar-refractivity contribution in [2.24, 2.45) is 0 Å². The monoisotopic (exact) mass is 275 g/mol. The Bertz CT molecular complexity index is 525. The molecule has 2 aromatic rings. The van der Waals surface area contributed by atoms with Gasteiger partial charge in [-0.15, -0.1) is 0 Å². The van der Waals surface area contributed by atoms with Crippen molar-refractivity contribution in [1.29, 1.82) is 0 Å². The summed E-state index contributed by atoms with van der Waals surface area (Å²) < 4.78 is 5.16. The first kappa shape index (κ1) is 13.9. The van der Waals surface area contributed by atoms with Crippen LogP contribution < -0.4 is 10.1 Å². The van der Waals surface area contributed by atoms with E-state index in [0.29, 0.717) is 0 Å². The fraction of sp³-hybridized carbons (Fsp3) is 0.250. The average molecular weight is 276 g/mol. The normalized spacial score (nSPS) is 12.2. The van der Waals surface area contributed by atoms with Crippen molar-refractivity contribution in [3.05, 3.63) is 64.7 Å². The van der Waals surface area contributed by atoms with Crippen LogP contribution in [0.1, 0.15) is 24.1 Å². The van der Waals surface area contributed by atoms with E-state index in [2.05, 4.69) is 24.4 Å². The smallest absolute Gasteiger partial charge is 0.118 e. The molecule has 100 valence electrons. The summed E-state index contributed by atoms with van der Waals surface area (Å²) in [5.74, 6) is 0.877. The number of methoxy groups -OCH3 is 1. The van der Waals surface area contributed by atoms with Crippen LogP contribution in [0.4, 0.5) is 0 Å². The highest BCUT2D eigenvalue weighted by molar-refractivity contribution is 6.31. The zero-order valence-electron chi connectivity index (χ0n) is 11.2. The number of halogens is 1. The Balaban J connectivity index is 1.97. The van der Waals surface area contributed by atoms with E-state index < -0.39 is 0 Å². The molecule has 0 aliphatic carbocycles. The lowest BCUT2D eigenvalue weighted by Crippen LogP contribution is -2.18. The van der Waals surface area contributed by atoms with Gasteiger partial charge in [0.25, 0.3) is 0 Å². The number of ether oxygens (including phenoxy) is 1. The number of hydrogen-bond donors (Lipinski definition) is 1. The second-order valence-corrected chi connectivity index (χ2v) is 4.87. The minimum absolute atomic E-state index is 0.266. The molecule has 2 aromatic carbocycles. The summed E-state index contributed by atoms with van der Waals surface area (Å²) in [5.41, 5.74) is 2.34. The Morgan fingerprint density at radius 3 is 2.42 bits per heavy atom. The van der Waals surface area contributed by atoms with Crippen molar-refractivity contribution in [2.75, 3.05) is 7.11 Å². The number of hydrogen-bond acceptors (Lipinski definition) is 2. The summed E-state index contributed by atoms with van der Waals surface area (Å²) in [6.07, 6.45) is 0. The van der Waals surface area contributed by atoms with Crippen LogP contribution in [-0.2, 0) is 6.54 Å². The Hall–Kier alpha value is -1.51. The van der Waals surface area contributed by atoms with Gasteiger partial charge in [0.05, 0.1) is 7.11 Å². The van der Waals surface area contributed by atoms with Crippen molar-refractivity contribution in [2.45, 2.75) is 19.5 Å². The fourth-order valence-electron chi connectivity index (χ4n) is 1.92. The molecule has 0 aromatic heterocycles. The lowest BCUT2D eigenvalue weighted by molar-refractivity contribution is 0.414. The summed E-state index contributed by atoms with van der Waals surface area (Å²) in [5, 5.41) is 4.27. The van der Waals surface area contributed by atoms with Gasteiger partial charge in [-0.3, -0.25) is 0 Å². The largest absolute Gasteiger partial charge is 0.497 e. The van der Waals surface area contributed by atoms with Gasteiger partial charge in [0.1, 0.15) is 5.75 Å². The SMILES string of the molecule is COc1ccc(C(C)NCc2ccccc2Cl)cc1. The molecule has 0 aliphatic heterocycles. The van der Waals surface area contributed by atoms with E-state index in [9.17, 15) is 0 Å². The van der Waals surface area contributed by atoms with Gasteiger partial charge in [-0.05, 0) is 36.2 Å². The Kier molecular flexibility index (Phi) is 4.83. The first-order valence-corrected chi connectivity index (χ1v) is 6.69. The Labute approximate surface area is 119 Å². The minimum atomic E-state index is 0.266. The fourth-order valence-corrected chi connectivity index (χ4v) is 2.12. The average Bonchev–Trinajstić information content (AvgIpc) is 2.46. The van der Waals surface area contributed by atoms with Gasteiger partial charge in [0.15, 0.2) is 0 Å². The van der Waals surface area contributed by atoms with E-state index in [1.54, 1.807) is 7.11 Å². The molecule has 1 N–H and O–H groups in total. The quantitative estimate of drug-likeness (QED) is 0.883. The van der Waals surface area contributed by atoms with Gasteiger partial charge in [-0.2, -0.15) is 0 Å². The van der Waals surface area contributed by atoms with Gasteiger partial charge < -0.3 is 10.1 Å². The number of benzene rings is 2. The molecule has 2 rings (SSSR count). The summed E-state index contributed by atoms with van der Waals surface area (Å²) in [4.78, 5) is 0. The summed E-state index contributed by atoms with van der Waals surface area (Å²) >= 11 is 6.14. The molecule has 1 atom stereocenters.